The first kappa shape index (κ1) is 17.2. The molecule has 0 aliphatic carbocycles. The van der Waals surface area contributed by atoms with E-state index >= 15 is 0 Å². The molecule has 1 aliphatic rings. The van der Waals surface area contributed by atoms with E-state index in [0.717, 1.165) is 24.3 Å². The number of hydrogen-bond acceptors (Lipinski definition) is 4. The van der Waals surface area contributed by atoms with Gasteiger partial charge in [-0.1, -0.05) is 35.7 Å². The molecule has 0 radical (unpaired) electrons. The summed E-state index contributed by atoms with van der Waals surface area (Å²) in [5.41, 5.74) is 0.642. The van der Waals surface area contributed by atoms with E-state index in [1.165, 1.54) is 11.3 Å². The summed E-state index contributed by atoms with van der Waals surface area (Å²) in [4.78, 5) is 4.31. The molecule has 4 nitrogen and oxygen atoms in total. The van der Waals surface area contributed by atoms with E-state index in [4.69, 9.17) is 23.2 Å². The van der Waals surface area contributed by atoms with Crippen LogP contribution >= 0.6 is 34.5 Å². The zero-order chi connectivity index (χ0) is 16.4. The van der Waals surface area contributed by atoms with Crippen LogP contribution in [-0.4, -0.2) is 24.3 Å². The maximum absolute atomic E-state index is 12.9. The summed E-state index contributed by atoms with van der Waals surface area (Å²) < 4.78 is 27.4. The van der Waals surface area contributed by atoms with E-state index in [0.29, 0.717) is 22.2 Å². The van der Waals surface area contributed by atoms with Gasteiger partial charge in [0.2, 0.25) is 10.0 Å². The molecule has 1 saturated heterocycles. The van der Waals surface area contributed by atoms with E-state index in [2.05, 4.69) is 4.98 Å². The number of thiazole rings is 1. The van der Waals surface area contributed by atoms with Gasteiger partial charge in [0.05, 0.1) is 21.8 Å². The van der Waals surface area contributed by atoms with Gasteiger partial charge in [-0.15, -0.1) is 11.3 Å². The second kappa shape index (κ2) is 7.07. The van der Waals surface area contributed by atoms with Gasteiger partial charge in [-0.05, 0) is 30.5 Å². The molecule has 8 heteroatoms. The van der Waals surface area contributed by atoms with Crippen molar-refractivity contribution in [3.8, 4) is 0 Å². The Morgan fingerprint density at radius 2 is 2.09 bits per heavy atom. The molecule has 0 N–H and O–H groups in total. The Labute approximate surface area is 150 Å². The molecule has 2 heterocycles. The molecule has 124 valence electrons. The first-order valence-electron chi connectivity index (χ1n) is 7.30. The van der Waals surface area contributed by atoms with Crippen molar-refractivity contribution in [1.82, 2.24) is 9.29 Å². The van der Waals surface area contributed by atoms with Crippen molar-refractivity contribution in [2.24, 2.45) is 0 Å². The second-order valence-electron chi connectivity index (χ2n) is 5.50. The molecule has 1 aromatic heterocycles. The van der Waals surface area contributed by atoms with E-state index < -0.39 is 10.0 Å². The monoisotopic (exact) mass is 390 g/mol. The van der Waals surface area contributed by atoms with Crippen LogP contribution in [0, 0.1) is 0 Å². The summed E-state index contributed by atoms with van der Waals surface area (Å²) >= 11 is 13.4. The van der Waals surface area contributed by atoms with Gasteiger partial charge in [0.15, 0.2) is 0 Å². The number of aromatic nitrogens is 1. The summed E-state index contributed by atoms with van der Waals surface area (Å²) in [5, 5.41) is 3.54. The minimum atomic E-state index is -3.44. The standard InChI is InChI=1S/C15H16Cl2N2O2S2/c16-12-5-4-11(9-13(12)17)10-23(20,21)19-7-2-1-3-14(19)15-18-6-8-22-15/h4-6,8-9,14H,1-3,7,10H2/t14-/m1/s1. The summed E-state index contributed by atoms with van der Waals surface area (Å²) in [6.45, 7) is 0.536. The van der Waals surface area contributed by atoms with Gasteiger partial charge in [0.25, 0.3) is 0 Å². The van der Waals surface area contributed by atoms with E-state index in [-0.39, 0.29) is 11.8 Å². The topological polar surface area (TPSA) is 50.3 Å². The molecule has 0 bridgehead atoms. The van der Waals surface area contributed by atoms with Crippen molar-refractivity contribution in [3.05, 3.63) is 50.4 Å². The molecule has 0 amide bonds. The number of rotatable bonds is 4. The molecule has 1 fully saturated rings. The van der Waals surface area contributed by atoms with Gasteiger partial charge in [-0.3, -0.25) is 0 Å². The minimum Gasteiger partial charge on any atom is -0.248 e. The smallest absolute Gasteiger partial charge is 0.218 e. The largest absolute Gasteiger partial charge is 0.248 e. The van der Waals surface area contributed by atoms with Crippen LogP contribution in [0.15, 0.2) is 29.8 Å². The van der Waals surface area contributed by atoms with Crippen molar-refractivity contribution in [2.75, 3.05) is 6.54 Å². The highest BCUT2D eigenvalue weighted by atomic mass is 35.5. The highest BCUT2D eigenvalue weighted by molar-refractivity contribution is 7.88. The van der Waals surface area contributed by atoms with Gasteiger partial charge >= 0.3 is 0 Å². The lowest BCUT2D eigenvalue weighted by Gasteiger charge is -2.33. The Balaban J connectivity index is 1.86. The summed E-state index contributed by atoms with van der Waals surface area (Å²) in [7, 11) is -3.44. The number of sulfonamides is 1. The molecule has 1 atom stereocenters. The van der Waals surface area contributed by atoms with Gasteiger partial charge < -0.3 is 0 Å². The summed E-state index contributed by atoms with van der Waals surface area (Å²) in [6, 6.07) is 4.79. The van der Waals surface area contributed by atoms with Crippen LogP contribution < -0.4 is 0 Å². The lowest BCUT2D eigenvalue weighted by molar-refractivity contribution is 0.255. The van der Waals surface area contributed by atoms with Crippen molar-refractivity contribution in [3.63, 3.8) is 0 Å². The zero-order valence-electron chi connectivity index (χ0n) is 12.3. The number of halogens is 2. The summed E-state index contributed by atoms with van der Waals surface area (Å²) in [5.74, 6) is -0.0776. The quantitative estimate of drug-likeness (QED) is 0.771. The zero-order valence-corrected chi connectivity index (χ0v) is 15.4. The van der Waals surface area contributed by atoms with Crippen molar-refractivity contribution >= 4 is 44.6 Å². The summed E-state index contributed by atoms with van der Waals surface area (Å²) in [6.07, 6.45) is 4.43. The number of piperidine rings is 1. The molecule has 0 spiro atoms. The molecule has 1 aromatic carbocycles. The average molecular weight is 391 g/mol. The van der Waals surface area contributed by atoms with Gasteiger partial charge in [-0.25, -0.2) is 13.4 Å². The Morgan fingerprint density at radius 3 is 2.78 bits per heavy atom. The molecule has 0 saturated carbocycles. The van der Waals surface area contributed by atoms with Crippen LogP contribution in [0.1, 0.15) is 35.9 Å². The lowest BCUT2D eigenvalue weighted by Crippen LogP contribution is -2.39. The maximum Gasteiger partial charge on any atom is 0.218 e. The minimum absolute atomic E-state index is 0.0776. The fraction of sp³-hybridized carbons (Fsp3) is 0.400. The number of benzene rings is 1. The van der Waals surface area contributed by atoms with Crippen LogP contribution in [-0.2, 0) is 15.8 Å². The second-order valence-corrected chi connectivity index (χ2v) is 9.16. The van der Waals surface area contributed by atoms with Crippen LogP contribution in [0.4, 0.5) is 0 Å². The molecular weight excluding hydrogens is 375 g/mol. The first-order valence-corrected chi connectivity index (χ1v) is 10.5. The van der Waals surface area contributed by atoms with Gasteiger partial charge in [0.1, 0.15) is 5.01 Å². The average Bonchev–Trinajstić information content (AvgIpc) is 3.05. The Bertz CT molecular complexity index is 779. The van der Waals surface area contributed by atoms with Crippen LogP contribution in [0.25, 0.3) is 0 Å². The first-order chi connectivity index (χ1) is 11.0. The molecule has 1 aliphatic heterocycles. The number of hydrogen-bond donors (Lipinski definition) is 0. The molecule has 0 unspecified atom stereocenters. The normalized spacial score (nSPS) is 19.8. The fourth-order valence-corrected chi connectivity index (χ4v) is 5.75. The third kappa shape index (κ3) is 3.88. The maximum atomic E-state index is 12.9. The van der Waals surface area contributed by atoms with Gasteiger partial charge in [0, 0.05) is 18.1 Å². The number of nitrogens with zero attached hydrogens (tertiary/aromatic N) is 2. The van der Waals surface area contributed by atoms with Gasteiger partial charge in [-0.2, -0.15) is 4.31 Å². The Kier molecular flexibility index (Phi) is 5.28. The molecule has 2 aromatic rings. The Morgan fingerprint density at radius 1 is 1.26 bits per heavy atom. The SMILES string of the molecule is O=S(=O)(Cc1ccc(Cl)c(Cl)c1)N1CCCC[C@@H]1c1nccs1. The lowest BCUT2D eigenvalue weighted by atomic mass is 10.1. The van der Waals surface area contributed by atoms with Crippen LogP contribution in [0.3, 0.4) is 0 Å². The van der Waals surface area contributed by atoms with Crippen LogP contribution in [0.2, 0.25) is 10.0 Å². The van der Waals surface area contributed by atoms with Crippen molar-refractivity contribution < 1.29 is 8.42 Å². The fourth-order valence-electron chi connectivity index (χ4n) is 2.81. The molecular formula is C15H16Cl2N2O2S2. The highest BCUT2D eigenvalue weighted by Gasteiger charge is 2.34. The van der Waals surface area contributed by atoms with E-state index in [1.54, 1.807) is 28.7 Å². The van der Waals surface area contributed by atoms with Crippen molar-refractivity contribution in [1.29, 1.82) is 0 Å². The molecule has 23 heavy (non-hydrogen) atoms. The highest BCUT2D eigenvalue weighted by Crippen LogP contribution is 2.35. The van der Waals surface area contributed by atoms with Crippen molar-refractivity contribution in [2.45, 2.75) is 31.1 Å². The van der Waals surface area contributed by atoms with E-state index in [1.807, 2.05) is 5.38 Å². The predicted octanol–water partition coefficient (Wildman–Crippen LogP) is 4.51. The molecule has 3 rings (SSSR count). The third-order valence-corrected chi connectivity index (χ3v) is 7.35. The van der Waals surface area contributed by atoms with Crippen LogP contribution in [0.5, 0.6) is 0 Å². The predicted molar refractivity (Wildman–Crippen MR) is 94.5 cm³/mol. The third-order valence-electron chi connectivity index (χ3n) is 3.88. The van der Waals surface area contributed by atoms with E-state index in [9.17, 15) is 8.42 Å². The Hall–Kier alpha value is -0.660.